The number of aryl methyl sites for hydroxylation is 1. The summed E-state index contributed by atoms with van der Waals surface area (Å²) >= 11 is 2.76. The molecule has 1 amide bonds. The SMILES string of the molecule is Cc1csc(CNC(=O)CSc2nnc(-c3ccccc3F)n2-c2ccccc2)n1. The van der Waals surface area contributed by atoms with Gasteiger partial charge in [0.1, 0.15) is 10.8 Å². The molecule has 0 aliphatic carbocycles. The number of hydrogen-bond donors (Lipinski definition) is 1. The summed E-state index contributed by atoms with van der Waals surface area (Å²) in [6, 6.07) is 15.9. The second kappa shape index (κ2) is 9.19. The Kier molecular flexibility index (Phi) is 6.20. The highest BCUT2D eigenvalue weighted by Gasteiger charge is 2.19. The van der Waals surface area contributed by atoms with Crippen molar-refractivity contribution in [2.75, 3.05) is 5.75 Å². The van der Waals surface area contributed by atoms with Crippen LogP contribution in [0.3, 0.4) is 0 Å². The van der Waals surface area contributed by atoms with Crippen molar-refractivity contribution >= 4 is 29.0 Å². The quantitative estimate of drug-likeness (QED) is 0.436. The monoisotopic (exact) mass is 439 g/mol. The molecule has 2 heterocycles. The number of thiazole rings is 1. The Morgan fingerprint density at radius 3 is 2.63 bits per heavy atom. The van der Waals surface area contributed by atoms with Crippen LogP contribution in [0, 0.1) is 12.7 Å². The molecule has 0 aliphatic rings. The number of nitrogens with one attached hydrogen (secondary N) is 1. The minimum atomic E-state index is -0.380. The van der Waals surface area contributed by atoms with E-state index in [2.05, 4.69) is 20.5 Å². The highest BCUT2D eigenvalue weighted by molar-refractivity contribution is 7.99. The molecule has 152 valence electrons. The standard InChI is InChI=1S/C21H18FN5OS2/c1-14-12-29-19(24-14)11-23-18(28)13-30-21-26-25-20(16-9-5-6-10-17(16)22)27(21)15-7-3-2-4-8-15/h2-10,12H,11,13H2,1H3,(H,23,28). The lowest BCUT2D eigenvalue weighted by Gasteiger charge is -2.10. The zero-order valence-electron chi connectivity index (χ0n) is 16.1. The van der Waals surface area contributed by atoms with Gasteiger partial charge in [-0.2, -0.15) is 0 Å². The number of rotatable bonds is 7. The molecule has 0 atom stereocenters. The van der Waals surface area contributed by atoms with Crippen molar-refractivity contribution in [3.05, 3.63) is 76.5 Å². The zero-order chi connectivity index (χ0) is 20.9. The highest BCUT2D eigenvalue weighted by atomic mass is 32.2. The molecule has 9 heteroatoms. The molecule has 4 rings (SSSR count). The summed E-state index contributed by atoms with van der Waals surface area (Å²) in [5, 5.41) is 14.6. The Balaban J connectivity index is 1.54. The van der Waals surface area contributed by atoms with Crippen molar-refractivity contribution < 1.29 is 9.18 Å². The van der Waals surface area contributed by atoms with Gasteiger partial charge in [-0.1, -0.05) is 42.1 Å². The van der Waals surface area contributed by atoms with Crippen LogP contribution in [0.25, 0.3) is 17.1 Å². The van der Waals surface area contributed by atoms with Crippen molar-refractivity contribution in [2.45, 2.75) is 18.6 Å². The number of aromatic nitrogens is 4. The van der Waals surface area contributed by atoms with Crippen LogP contribution in [-0.2, 0) is 11.3 Å². The molecule has 1 N–H and O–H groups in total. The van der Waals surface area contributed by atoms with Gasteiger partial charge in [0.05, 0.1) is 17.9 Å². The van der Waals surface area contributed by atoms with Gasteiger partial charge in [0.2, 0.25) is 5.91 Å². The molecule has 0 saturated carbocycles. The van der Waals surface area contributed by atoms with E-state index in [1.54, 1.807) is 22.8 Å². The summed E-state index contributed by atoms with van der Waals surface area (Å²) in [6.07, 6.45) is 0. The molecule has 0 unspecified atom stereocenters. The van der Waals surface area contributed by atoms with E-state index in [-0.39, 0.29) is 17.5 Å². The maximum atomic E-state index is 14.4. The number of carbonyl (C=O) groups excluding carboxylic acids is 1. The smallest absolute Gasteiger partial charge is 0.230 e. The van der Waals surface area contributed by atoms with Crippen molar-refractivity contribution in [1.82, 2.24) is 25.1 Å². The topological polar surface area (TPSA) is 72.7 Å². The number of carbonyl (C=O) groups is 1. The van der Waals surface area contributed by atoms with E-state index in [4.69, 9.17) is 0 Å². The number of benzene rings is 2. The van der Waals surface area contributed by atoms with E-state index < -0.39 is 0 Å². The lowest BCUT2D eigenvalue weighted by molar-refractivity contribution is -0.118. The van der Waals surface area contributed by atoms with Crippen LogP contribution < -0.4 is 5.32 Å². The van der Waals surface area contributed by atoms with E-state index in [0.717, 1.165) is 16.4 Å². The Morgan fingerprint density at radius 2 is 1.90 bits per heavy atom. The first kappa shape index (κ1) is 20.2. The first-order chi connectivity index (χ1) is 14.6. The average molecular weight is 440 g/mol. The van der Waals surface area contributed by atoms with Crippen molar-refractivity contribution in [3.8, 4) is 17.1 Å². The van der Waals surface area contributed by atoms with Gasteiger partial charge in [-0.25, -0.2) is 9.37 Å². The van der Waals surface area contributed by atoms with Crippen molar-refractivity contribution in [2.24, 2.45) is 0 Å². The van der Waals surface area contributed by atoms with E-state index in [9.17, 15) is 9.18 Å². The minimum absolute atomic E-state index is 0.136. The second-order valence-corrected chi connectivity index (χ2v) is 8.29. The maximum absolute atomic E-state index is 14.4. The van der Waals surface area contributed by atoms with Gasteiger partial charge in [-0.3, -0.25) is 9.36 Å². The summed E-state index contributed by atoms with van der Waals surface area (Å²) < 4.78 is 16.2. The molecular weight excluding hydrogens is 421 g/mol. The summed E-state index contributed by atoms with van der Waals surface area (Å²) in [5.41, 5.74) is 2.08. The molecule has 4 aromatic rings. The second-order valence-electron chi connectivity index (χ2n) is 6.41. The largest absolute Gasteiger partial charge is 0.349 e. The fraction of sp³-hybridized carbons (Fsp3) is 0.143. The molecule has 0 radical (unpaired) electrons. The third kappa shape index (κ3) is 4.58. The number of halogens is 1. The van der Waals surface area contributed by atoms with Crippen LogP contribution in [0.5, 0.6) is 0 Å². The number of para-hydroxylation sites is 1. The predicted molar refractivity (Wildman–Crippen MR) is 116 cm³/mol. The molecular formula is C21H18FN5OS2. The normalized spacial score (nSPS) is 10.9. The zero-order valence-corrected chi connectivity index (χ0v) is 17.7. The molecule has 0 bridgehead atoms. The Morgan fingerprint density at radius 1 is 1.13 bits per heavy atom. The van der Waals surface area contributed by atoms with Gasteiger partial charge >= 0.3 is 0 Å². The molecule has 2 aromatic carbocycles. The van der Waals surface area contributed by atoms with Crippen molar-refractivity contribution in [3.63, 3.8) is 0 Å². The van der Waals surface area contributed by atoms with Gasteiger partial charge in [-0.05, 0) is 31.2 Å². The van der Waals surface area contributed by atoms with E-state index in [0.29, 0.717) is 23.1 Å². The van der Waals surface area contributed by atoms with Gasteiger partial charge in [0.15, 0.2) is 11.0 Å². The Labute approximate surface area is 181 Å². The van der Waals surface area contributed by atoms with Crippen LogP contribution in [-0.4, -0.2) is 31.4 Å². The fourth-order valence-corrected chi connectivity index (χ4v) is 4.32. The van der Waals surface area contributed by atoms with Crippen LogP contribution in [0.15, 0.2) is 65.1 Å². The molecule has 0 spiro atoms. The summed E-state index contributed by atoms with van der Waals surface area (Å²) in [7, 11) is 0. The van der Waals surface area contributed by atoms with Gasteiger partial charge in [-0.15, -0.1) is 21.5 Å². The third-order valence-electron chi connectivity index (χ3n) is 4.20. The molecule has 2 aromatic heterocycles. The molecule has 6 nitrogen and oxygen atoms in total. The number of thioether (sulfide) groups is 1. The van der Waals surface area contributed by atoms with Gasteiger partial charge in [0.25, 0.3) is 0 Å². The van der Waals surface area contributed by atoms with Crippen LogP contribution in [0.4, 0.5) is 4.39 Å². The van der Waals surface area contributed by atoms with E-state index >= 15 is 0 Å². The molecule has 0 saturated heterocycles. The van der Waals surface area contributed by atoms with Crippen LogP contribution >= 0.6 is 23.1 Å². The van der Waals surface area contributed by atoms with E-state index in [1.807, 2.05) is 42.6 Å². The fourth-order valence-electron chi connectivity index (χ4n) is 2.83. The lowest BCUT2D eigenvalue weighted by Crippen LogP contribution is -2.24. The Bertz CT molecular complexity index is 1160. The number of nitrogens with zero attached hydrogens (tertiary/aromatic N) is 4. The first-order valence-corrected chi connectivity index (χ1v) is 11.0. The molecule has 30 heavy (non-hydrogen) atoms. The van der Waals surface area contributed by atoms with Crippen LogP contribution in [0.2, 0.25) is 0 Å². The summed E-state index contributed by atoms with van der Waals surface area (Å²) in [6.45, 7) is 2.31. The summed E-state index contributed by atoms with van der Waals surface area (Å²) in [5.74, 6) is 0.0329. The van der Waals surface area contributed by atoms with Crippen LogP contribution in [0.1, 0.15) is 10.7 Å². The van der Waals surface area contributed by atoms with Gasteiger partial charge in [0, 0.05) is 16.8 Å². The Hall–Kier alpha value is -3.04. The molecule has 0 fully saturated rings. The number of hydrogen-bond acceptors (Lipinski definition) is 6. The highest BCUT2D eigenvalue weighted by Crippen LogP contribution is 2.29. The number of amides is 1. The third-order valence-corrected chi connectivity index (χ3v) is 6.09. The van der Waals surface area contributed by atoms with Gasteiger partial charge < -0.3 is 5.32 Å². The predicted octanol–water partition coefficient (Wildman–Crippen LogP) is 4.25. The maximum Gasteiger partial charge on any atom is 0.230 e. The lowest BCUT2D eigenvalue weighted by atomic mass is 10.2. The summed E-state index contributed by atoms with van der Waals surface area (Å²) in [4.78, 5) is 16.6. The molecule has 0 aliphatic heterocycles. The first-order valence-electron chi connectivity index (χ1n) is 9.18. The minimum Gasteiger partial charge on any atom is -0.349 e. The van der Waals surface area contributed by atoms with E-state index in [1.165, 1.54) is 29.2 Å². The van der Waals surface area contributed by atoms with Crippen molar-refractivity contribution in [1.29, 1.82) is 0 Å². The average Bonchev–Trinajstić information content (AvgIpc) is 3.37.